The van der Waals surface area contributed by atoms with E-state index in [1.807, 2.05) is 6.92 Å². The summed E-state index contributed by atoms with van der Waals surface area (Å²) < 4.78 is 19.6. The zero-order chi connectivity index (χ0) is 17.0. The first-order valence-corrected chi connectivity index (χ1v) is 8.13. The van der Waals surface area contributed by atoms with Gasteiger partial charge in [-0.1, -0.05) is 30.1 Å². The Morgan fingerprint density at radius 2 is 2.12 bits per heavy atom. The molecule has 0 spiro atoms. The monoisotopic (exact) mass is 364 g/mol. The van der Waals surface area contributed by atoms with Gasteiger partial charge in [-0.3, -0.25) is 4.79 Å². The van der Waals surface area contributed by atoms with Gasteiger partial charge >= 0.3 is 0 Å². The zero-order valence-electron chi connectivity index (χ0n) is 12.5. The molecule has 3 heterocycles. The van der Waals surface area contributed by atoms with Crippen LogP contribution in [0, 0.1) is 5.82 Å². The van der Waals surface area contributed by atoms with Gasteiger partial charge in [0.1, 0.15) is 22.8 Å². The van der Waals surface area contributed by atoms with Crippen molar-refractivity contribution in [3.05, 3.63) is 57.1 Å². The number of fused-ring (bicyclic) bond motifs is 2. The summed E-state index contributed by atoms with van der Waals surface area (Å²) in [5.41, 5.74) is 2.60. The highest BCUT2D eigenvalue weighted by Crippen LogP contribution is 2.49. The van der Waals surface area contributed by atoms with E-state index < -0.39 is 5.82 Å². The highest BCUT2D eigenvalue weighted by molar-refractivity contribution is 6.42. The first kappa shape index (κ1) is 15.4. The van der Waals surface area contributed by atoms with E-state index in [0.717, 1.165) is 0 Å². The molecule has 2 aliphatic rings. The van der Waals surface area contributed by atoms with E-state index in [1.54, 1.807) is 0 Å². The molecule has 0 fully saturated rings. The molecule has 7 heteroatoms. The number of pyridine rings is 1. The average Bonchev–Trinajstić information content (AvgIpc) is 3.07. The maximum atomic E-state index is 13.7. The van der Waals surface area contributed by atoms with Gasteiger partial charge in [-0.05, 0) is 24.6 Å². The van der Waals surface area contributed by atoms with E-state index >= 15 is 0 Å². The molecule has 0 bridgehead atoms. The quantitative estimate of drug-likeness (QED) is 0.582. The van der Waals surface area contributed by atoms with Crippen LogP contribution < -0.4 is 5.32 Å². The number of hydrogen-bond acceptors (Lipinski definition) is 3. The minimum absolute atomic E-state index is 0.186. The third-order valence-corrected chi connectivity index (χ3v) is 4.93. The van der Waals surface area contributed by atoms with Gasteiger partial charge in [-0.25, -0.2) is 9.37 Å². The molecule has 0 saturated carbocycles. The lowest BCUT2D eigenvalue weighted by molar-refractivity contribution is -0.110. The molecule has 1 amide bonds. The lowest BCUT2D eigenvalue weighted by atomic mass is 10.00. The first-order valence-electron chi connectivity index (χ1n) is 7.37. The average molecular weight is 365 g/mol. The Morgan fingerprint density at radius 1 is 1.33 bits per heavy atom. The van der Waals surface area contributed by atoms with Crippen molar-refractivity contribution < 1.29 is 13.9 Å². The Labute approximate surface area is 147 Å². The maximum Gasteiger partial charge on any atom is 0.260 e. The fraction of sp³-hybridized carbons (Fsp3) is 0.176. The summed E-state index contributed by atoms with van der Waals surface area (Å²) in [5, 5.41) is 3.22. The van der Waals surface area contributed by atoms with Gasteiger partial charge in [-0.2, -0.15) is 0 Å². The van der Waals surface area contributed by atoms with Crippen molar-refractivity contribution in [3.63, 3.8) is 0 Å². The SMILES string of the molecule is CCC1O/C(=C2/C(=O)Nc3ccc(F)cc32)c2cnc(Cl)c(Cl)c21. The summed E-state index contributed by atoms with van der Waals surface area (Å²) in [6.45, 7) is 1.94. The van der Waals surface area contributed by atoms with Crippen LogP contribution in [-0.2, 0) is 9.53 Å². The summed E-state index contributed by atoms with van der Waals surface area (Å²) in [6.07, 6.45) is 1.84. The lowest BCUT2D eigenvalue weighted by Gasteiger charge is -2.10. The van der Waals surface area contributed by atoms with Crippen molar-refractivity contribution in [2.45, 2.75) is 19.4 Å². The van der Waals surface area contributed by atoms with Crippen LogP contribution in [0.5, 0.6) is 0 Å². The normalized spacial score (nSPS) is 21.3. The molecule has 4 nitrogen and oxygen atoms in total. The van der Waals surface area contributed by atoms with Crippen molar-refractivity contribution in [1.29, 1.82) is 0 Å². The van der Waals surface area contributed by atoms with Gasteiger partial charge < -0.3 is 10.1 Å². The van der Waals surface area contributed by atoms with Gasteiger partial charge in [0.25, 0.3) is 5.91 Å². The second-order valence-electron chi connectivity index (χ2n) is 5.55. The number of carbonyl (C=O) groups is 1. The van der Waals surface area contributed by atoms with Crippen LogP contribution in [0.25, 0.3) is 11.3 Å². The van der Waals surface area contributed by atoms with Crippen molar-refractivity contribution in [3.8, 4) is 0 Å². The van der Waals surface area contributed by atoms with Crippen LogP contribution >= 0.6 is 23.2 Å². The van der Waals surface area contributed by atoms with E-state index in [4.69, 9.17) is 27.9 Å². The highest BCUT2D eigenvalue weighted by Gasteiger charge is 2.37. The smallest absolute Gasteiger partial charge is 0.260 e. The Morgan fingerprint density at radius 3 is 2.88 bits per heavy atom. The maximum absolute atomic E-state index is 13.7. The molecule has 24 heavy (non-hydrogen) atoms. The van der Waals surface area contributed by atoms with Crippen LogP contribution in [0.2, 0.25) is 10.2 Å². The molecule has 1 unspecified atom stereocenters. The van der Waals surface area contributed by atoms with Crippen molar-refractivity contribution >= 4 is 46.1 Å². The zero-order valence-corrected chi connectivity index (χ0v) is 14.0. The lowest BCUT2D eigenvalue weighted by Crippen LogP contribution is -2.06. The van der Waals surface area contributed by atoms with Crippen LogP contribution in [0.3, 0.4) is 0 Å². The number of amides is 1. The second kappa shape index (κ2) is 5.46. The fourth-order valence-electron chi connectivity index (χ4n) is 3.08. The Bertz CT molecular complexity index is 927. The van der Waals surface area contributed by atoms with Crippen molar-refractivity contribution in [1.82, 2.24) is 4.98 Å². The topological polar surface area (TPSA) is 51.2 Å². The molecule has 0 saturated heterocycles. The van der Waals surface area contributed by atoms with Gasteiger partial charge in [0, 0.05) is 28.6 Å². The molecule has 4 rings (SSSR count). The van der Waals surface area contributed by atoms with Gasteiger partial charge in [0.15, 0.2) is 0 Å². The van der Waals surface area contributed by atoms with E-state index in [2.05, 4.69) is 10.3 Å². The molecule has 0 radical (unpaired) electrons. The molecule has 1 atom stereocenters. The number of rotatable bonds is 1. The number of aromatic nitrogens is 1. The molecule has 1 aromatic heterocycles. The van der Waals surface area contributed by atoms with Crippen molar-refractivity contribution in [2.75, 3.05) is 5.32 Å². The predicted molar refractivity (Wildman–Crippen MR) is 90.2 cm³/mol. The van der Waals surface area contributed by atoms with E-state index in [-0.39, 0.29) is 22.7 Å². The van der Waals surface area contributed by atoms with E-state index in [1.165, 1.54) is 24.4 Å². The molecular weight excluding hydrogens is 354 g/mol. The molecule has 0 aliphatic carbocycles. The minimum atomic E-state index is -0.430. The number of nitrogens with one attached hydrogen (secondary N) is 1. The van der Waals surface area contributed by atoms with Crippen molar-refractivity contribution in [2.24, 2.45) is 0 Å². The van der Waals surface area contributed by atoms with Gasteiger partial charge in [0.2, 0.25) is 0 Å². The number of nitrogens with zero attached hydrogens (tertiary/aromatic N) is 1. The number of halogens is 3. The minimum Gasteiger partial charge on any atom is -0.484 e. The molecule has 1 N–H and O–H groups in total. The summed E-state index contributed by atoms with van der Waals surface area (Å²) in [4.78, 5) is 16.5. The summed E-state index contributed by atoms with van der Waals surface area (Å²) >= 11 is 12.3. The number of carbonyl (C=O) groups excluding carboxylic acids is 1. The van der Waals surface area contributed by atoms with Crippen LogP contribution in [0.15, 0.2) is 24.4 Å². The number of ether oxygens (including phenoxy) is 1. The Kier molecular flexibility index (Phi) is 3.51. The van der Waals surface area contributed by atoms with Gasteiger partial charge in [0.05, 0.1) is 10.6 Å². The van der Waals surface area contributed by atoms with E-state index in [9.17, 15) is 9.18 Å². The van der Waals surface area contributed by atoms with Crippen LogP contribution in [0.1, 0.15) is 36.1 Å². The predicted octanol–water partition coefficient (Wildman–Crippen LogP) is 4.83. The highest BCUT2D eigenvalue weighted by atomic mass is 35.5. The second-order valence-corrected chi connectivity index (χ2v) is 6.29. The largest absolute Gasteiger partial charge is 0.484 e. The molecule has 2 aliphatic heterocycles. The molecule has 2 aromatic rings. The first-order chi connectivity index (χ1) is 11.5. The van der Waals surface area contributed by atoms with Gasteiger partial charge in [-0.15, -0.1) is 0 Å². The fourth-order valence-corrected chi connectivity index (χ4v) is 3.51. The number of anilines is 1. The summed E-state index contributed by atoms with van der Waals surface area (Å²) in [7, 11) is 0. The number of benzene rings is 1. The van der Waals surface area contributed by atoms with E-state index in [0.29, 0.717) is 39.6 Å². The Balaban J connectivity index is 2.00. The molecule has 122 valence electrons. The molecule has 1 aromatic carbocycles. The molecular formula is C17H11Cl2FN2O2. The third kappa shape index (κ3) is 2.12. The summed E-state index contributed by atoms with van der Waals surface area (Å²) in [6, 6.07) is 4.13. The van der Waals surface area contributed by atoms with Crippen LogP contribution in [-0.4, -0.2) is 10.9 Å². The number of hydrogen-bond donors (Lipinski definition) is 1. The summed E-state index contributed by atoms with van der Waals surface area (Å²) in [5.74, 6) is -0.426. The standard InChI is InChI=1S/C17H11Cl2FN2O2/c1-2-11-12-9(6-21-16(19)14(12)18)15(24-11)13-8-5-7(20)3-4-10(8)22-17(13)23/h3-6,11H,2H2,1H3,(H,22,23)/b15-13+. The van der Waals surface area contributed by atoms with Crippen LogP contribution in [0.4, 0.5) is 10.1 Å². The Hall–Kier alpha value is -2.11. The third-order valence-electron chi connectivity index (χ3n) is 4.17.